The first-order valence-corrected chi connectivity index (χ1v) is 17.2. The van der Waals surface area contributed by atoms with Crippen LogP contribution in [0.1, 0.15) is 72.4 Å². The first kappa shape index (κ1) is 33.0. The summed E-state index contributed by atoms with van der Waals surface area (Å²) in [7, 11) is 0. The molecule has 6 rings (SSSR count). The van der Waals surface area contributed by atoms with E-state index in [1.165, 1.54) is 11.8 Å². The van der Waals surface area contributed by atoms with Gasteiger partial charge in [0.05, 0.1) is 18.1 Å². The number of benzene rings is 1. The van der Waals surface area contributed by atoms with Gasteiger partial charge in [-0.25, -0.2) is 28.9 Å². The van der Waals surface area contributed by atoms with E-state index in [2.05, 4.69) is 15.2 Å². The second-order valence-corrected chi connectivity index (χ2v) is 15.4. The van der Waals surface area contributed by atoms with Gasteiger partial charge in [0.2, 0.25) is 5.88 Å². The number of nitrogens with zero attached hydrogens (tertiary/aromatic N) is 5. The number of piperazine rings is 1. The molecule has 47 heavy (non-hydrogen) atoms. The fraction of sp³-hybridized carbons (Fsp3) is 0.559. The molecule has 2 saturated heterocycles. The molecule has 0 aliphatic carbocycles. The molecule has 2 bridgehead atoms. The molecule has 5 heterocycles. The maximum Gasteiger partial charge on any atom is 0.412 e. The van der Waals surface area contributed by atoms with Crippen LogP contribution in [0, 0.1) is 19.7 Å². The highest BCUT2D eigenvalue weighted by Crippen LogP contribution is 2.47. The maximum atomic E-state index is 16.8. The van der Waals surface area contributed by atoms with E-state index < -0.39 is 29.2 Å². The summed E-state index contributed by atoms with van der Waals surface area (Å²) in [5.41, 5.74) is 1.23. The number of anilines is 2. The molecule has 252 valence electrons. The Balaban J connectivity index is 1.47. The number of aromatic nitrogens is 3. The Morgan fingerprint density at radius 3 is 2.40 bits per heavy atom. The van der Waals surface area contributed by atoms with Crippen molar-refractivity contribution in [3.05, 3.63) is 29.1 Å². The zero-order chi connectivity index (χ0) is 34.2. The lowest BCUT2D eigenvalue weighted by atomic mass is 9.98. The van der Waals surface area contributed by atoms with Gasteiger partial charge in [-0.1, -0.05) is 11.8 Å². The molecule has 2 amide bonds. The Kier molecular flexibility index (Phi) is 8.21. The van der Waals surface area contributed by atoms with Gasteiger partial charge in [0.15, 0.2) is 11.0 Å². The van der Waals surface area contributed by atoms with Crippen molar-refractivity contribution in [2.24, 2.45) is 0 Å². The molecule has 1 N–H and O–H groups in total. The third-order valence-corrected chi connectivity index (χ3v) is 9.25. The van der Waals surface area contributed by atoms with E-state index in [-0.39, 0.29) is 41.3 Å². The average molecular weight is 667 g/mol. The first-order valence-electron chi connectivity index (χ1n) is 16.0. The largest absolute Gasteiger partial charge is 0.472 e. The van der Waals surface area contributed by atoms with Crippen molar-refractivity contribution in [2.75, 3.05) is 23.0 Å². The van der Waals surface area contributed by atoms with Crippen LogP contribution in [0.2, 0.25) is 0 Å². The van der Waals surface area contributed by atoms with Gasteiger partial charge in [0, 0.05) is 17.8 Å². The lowest BCUT2D eigenvalue weighted by molar-refractivity contribution is 0.000930. The molecule has 3 aromatic rings. The number of nitrogens with one attached hydrogen (secondary N) is 1. The van der Waals surface area contributed by atoms with Crippen LogP contribution in [-0.2, 0) is 9.47 Å². The monoisotopic (exact) mass is 666 g/mol. The molecular weight excluding hydrogens is 623 g/mol. The summed E-state index contributed by atoms with van der Waals surface area (Å²) < 4.78 is 34.8. The fourth-order valence-corrected chi connectivity index (χ4v) is 7.30. The normalized spacial score (nSPS) is 22.0. The number of ether oxygens (including phenoxy) is 3. The minimum Gasteiger partial charge on any atom is -0.472 e. The predicted octanol–water partition coefficient (Wildman–Crippen LogP) is 7.25. The molecule has 13 heteroatoms. The first-order chi connectivity index (χ1) is 22.0. The number of halogens is 1. The van der Waals surface area contributed by atoms with Crippen molar-refractivity contribution in [3.63, 3.8) is 0 Å². The molecule has 0 radical (unpaired) electrons. The van der Waals surface area contributed by atoms with Gasteiger partial charge in [-0.05, 0) is 105 Å². The summed E-state index contributed by atoms with van der Waals surface area (Å²) in [5.74, 6) is 0.170. The van der Waals surface area contributed by atoms with Gasteiger partial charge in [-0.3, -0.25) is 10.2 Å². The number of carbonyl (C=O) groups excluding carboxylic acids is 2. The Labute approximate surface area is 278 Å². The lowest BCUT2D eigenvalue weighted by Gasteiger charge is -2.48. The Bertz CT molecular complexity index is 1770. The highest BCUT2D eigenvalue weighted by atomic mass is 32.2. The number of hydrogen-bond donors (Lipinski definition) is 1. The standard InChI is InChI=1S/C34H43FN6O5S/c1-16-13-20(17(2)21(14-16)36-31(42)45-33(4,5)6)25-24(35)26-23-28(39-30(38-26)47-10)40-15-19-11-12-22(27(40)18(3)44-29(23)37-25)41(19)32(43)46-34(7,8)9/h13-14,18-19,22,27H,11-12,15H2,1-10H3,(H,36,42)/t18-,19+,22-,27+/m0/s1. The summed E-state index contributed by atoms with van der Waals surface area (Å²) >= 11 is 1.33. The van der Waals surface area contributed by atoms with E-state index in [0.717, 1.165) is 18.4 Å². The number of rotatable bonds is 3. The zero-order valence-corrected chi connectivity index (χ0v) is 29.5. The number of hydrogen-bond acceptors (Lipinski definition) is 10. The van der Waals surface area contributed by atoms with Crippen LogP contribution in [-0.4, -0.2) is 80.3 Å². The van der Waals surface area contributed by atoms with Gasteiger partial charge in [-0.15, -0.1) is 0 Å². The lowest BCUT2D eigenvalue weighted by Crippen LogP contribution is -2.65. The van der Waals surface area contributed by atoms with E-state index >= 15 is 4.39 Å². The average Bonchev–Trinajstić information content (AvgIpc) is 3.20. The van der Waals surface area contributed by atoms with E-state index in [9.17, 15) is 9.59 Å². The maximum absolute atomic E-state index is 16.8. The van der Waals surface area contributed by atoms with Crippen LogP contribution in [0.25, 0.3) is 22.2 Å². The Morgan fingerprint density at radius 1 is 1.04 bits per heavy atom. The van der Waals surface area contributed by atoms with Gasteiger partial charge in [0.1, 0.15) is 39.7 Å². The van der Waals surface area contributed by atoms with Crippen molar-refractivity contribution in [1.29, 1.82) is 0 Å². The van der Waals surface area contributed by atoms with Gasteiger partial charge >= 0.3 is 12.2 Å². The third kappa shape index (κ3) is 6.14. The third-order valence-electron chi connectivity index (χ3n) is 8.70. The number of aryl methyl sites for hydroxylation is 1. The highest BCUT2D eigenvalue weighted by molar-refractivity contribution is 7.98. The Hall–Kier alpha value is -3.87. The van der Waals surface area contributed by atoms with Crippen molar-refractivity contribution >= 4 is 46.4 Å². The van der Waals surface area contributed by atoms with E-state index in [0.29, 0.717) is 39.7 Å². The second-order valence-electron chi connectivity index (χ2n) is 14.6. The van der Waals surface area contributed by atoms with Crippen LogP contribution in [0.3, 0.4) is 0 Å². The SMILES string of the molecule is CSc1nc2c3c(nc(-c4cc(C)cc(NC(=O)OC(C)(C)C)c4C)c(F)c3n1)O[C@@H](C)[C@@H]1[C@@H]3CC[C@H](CN21)N3C(=O)OC(C)(C)C. The number of thioether (sulfide) groups is 1. The molecule has 0 saturated carbocycles. The molecule has 0 unspecified atom stereocenters. The number of amides is 2. The van der Waals surface area contributed by atoms with Gasteiger partial charge in [-0.2, -0.15) is 0 Å². The van der Waals surface area contributed by atoms with Crippen molar-refractivity contribution in [2.45, 2.75) is 116 Å². The molecule has 2 fully saturated rings. The van der Waals surface area contributed by atoms with Gasteiger partial charge in [0.25, 0.3) is 0 Å². The summed E-state index contributed by atoms with van der Waals surface area (Å²) in [6.45, 7) is 17.1. The van der Waals surface area contributed by atoms with E-state index in [1.807, 2.05) is 57.9 Å². The fourth-order valence-electron chi connectivity index (χ4n) is 6.94. The molecule has 1 aromatic carbocycles. The predicted molar refractivity (Wildman–Crippen MR) is 180 cm³/mol. The molecular formula is C34H43FN6O5S. The number of carbonyl (C=O) groups is 2. The van der Waals surface area contributed by atoms with E-state index in [1.54, 1.807) is 27.7 Å². The molecule has 0 spiro atoms. The topological polar surface area (TPSA) is 119 Å². The molecule has 3 aliphatic rings. The van der Waals surface area contributed by atoms with Crippen molar-refractivity contribution < 1.29 is 28.2 Å². The minimum atomic E-state index is -0.686. The van der Waals surface area contributed by atoms with Crippen LogP contribution in [0.4, 0.5) is 25.5 Å². The van der Waals surface area contributed by atoms with Crippen molar-refractivity contribution in [1.82, 2.24) is 19.9 Å². The van der Waals surface area contributed by atoms with Crippen LogP contribution < -0.4 is 15.0 Å². The summed E-state index contributed by atoms with van der Waals surface area (Å²) in [6.07, 6.45) is 2.06. The summed E-state index contributed by atoms with van der Waals surface area (Å²) in [5, 5.41) is 3.63. The molecule has 3 aliphatic heterocycles. The number of fused-ring (bicyclic) bond motifs is 5. The minimum absolute atomic E-state index is 0.0571. The number of pyridine rings is 1. The molecule has 4 atom stereocenters. The molecule has 11 nitrogen and oxygen atoms in total. The van der Waals surface area contributed by atoms with Gasteiger partial charge < -0.3 is 19.1 Å². The van der Waals surface area contributed by atoms with Crippen LogP contribution in [0.5, 0.6) is 5.88 Å². The second kappa shape index (κ2) is 11.7. The highest BCUT2D eigenvalue weighted by Gasteiger charge is 2.53. The van der Waals surface area contributed by atoms with E-state index in [4.69, 9.17) is 24.2 Å². The van der Waals surface area contributed by atoms with Crippen molar-refractivity contribution in [3.8, 4) is 17.1 Å². The summed E-state index contributed by atoms with van der Waals surface area (Å²) in [6, 6.07) is 3.08. The Morgan fingerprint density at radius 2 is 1.74 bits per heavy atom. The quantitative estimate of drug-likeness (QED) is 0.226. The zero-order valence-electron chi connectivity index (χ0n) is 28.6. The smallest absolute Gasteiger partial charge is 0.412 e. The van der Waals surface area contributed by atoms with Crippen LogP contribution >= 0.6 is 11.8 Å². The van der Waals surface area contributed by atoms with Crippen LogP contribution in [0.15, 0.2) is 17.3 Å². The molecule has 2 aromatic heterocycles. The summed E-state index contributed by atoms with van der Waals surface area (Å²) in [4.78, 5) is 44.5.